The summed E-state index contributed by atoms with van der Waals surface area (Å²) >= 11 is 0. The van der Waals surface area contributed by atoms with Crippen molar-refractivity contribution in [1.29, 1.82) is 0 Å². The molecule has 6 heteroatoms. The Bertz CT molecular complexity index is 510. The van der Waals surface area contributed by atoms with Crippen LogP contribution in [0.2, 0.25) is 0 Å². The first-order valence-electron chi connectivity index (χ1n) is 6.12. The third-order valence-corrected chi connectivity index (χ3v) is 3.29. The maximum Gasteiger partial charge on any atom is 0.308 e. The molecule has 0 aromatic carbocycles. The summed E-state index contributed by atoms with van der Waals surface area (Å²) in [6, 6.07) is 3.12. The SMILES string of the molecule is COC(=O)[C@H]1CCO[C@@H](c2ccc(=O)n(OC)c2)C1. The van der Waals surface area contributed by atoms with Gasteiger partial charge in [0.2, 0.25) is 0 Å². The van der Waals surface area contributed by atoms with Gasteiger partial charge in [0.15, 0.2) is 0 Å². The minimum absolute atomic E-state index is 0.160. The molecule has 19 heavy (non-hydrogen) atoms. The van der Waals surface area contributed by atoms with E-state index in [0.29, 0.717) is 19.4 Å². The van der Waals surface area contributed by atoms with Crippen molar-refractivity contribution in [2.75, 3.05) is 20.8 Å². The van der Waals surface area contributed by atoms with E-state index < -0.39 is 0 Å². The van der Waals surface area contributed by atoms with E-state index in [-0.39, 0.29) is 23.6 Å². The molecule has 0 unspecified atom stereocenters. The lowest BCUT2D eigenvalue weighted by Crippen LogP contribution is -2.29. The molecule has 1 aliphatic rings. The Balaban J connectivity index is 2.17. The predicted octanol–water partition coefficient (Wildman–Crippen LogP) is 0.547. The maximum atomic E-state index is 11.6. The largest absolute Gasteiger partial charge is 0.469 e. The molecule has 104 valence electrons. The molecule has 2 rings (SSSR count). The van der Waals surface area contributed by atoms with Crippen LogP contribution in [0.3, 0.4) is 0 Å². The number of carbonyl (C=O) groups is 1. The van der Waals surface area contributed by atoms with E-state index in [0.717, 1.165) is 10.3 Å². The van der Waals surface area contributed by atoms with Crippen LogP contribution in [0.25, 0.3) is 0 Å². The van der Waals surface area contributed by atoms with E-state index in [1.807, 2.05) is 0 Å². The van der Waals surface area contributed by atoms with Gasteiger partial charge in [0, 0.05) is 18.2 Å². The van der Waals surface area contributed by atoms with Crippen molar-refractivity contribution in [2.24, 2.45) is 5.92 Å². The van der Waals surface area contributed by atoms with Gasteiger partial charge in [0.1, 0.15) is 7.11 Å². The van der Waals surface area contributed by atoms with Crippen molar-refractivity contribution in [3.05, 3.63) is 34.2 Å². The molecule has 2 atom stereocenters. The molecule has 0 N–H and O–H groups in total. The second-order valence-electron chi connectivity index (χ2n) is 4.41. The van der Waals surface area contributed by atoms with Crippen LogP contribution >= 0.6 is 0 Å². The minimum atomic E-state index is -0.244. The van der Waals surface area contributed by atoms with Crippen molar-refractivity contribution in [3.63, 3.8) is 0 Å². The van der Waals surface area contributed by atoms with Crippen LogP contribution in [0.5, 0.6) is 0 Å². The molecular formula is C13H17NO5. The number of hydrogen-bond donors (Lipinski definition) is 0. The monoisotopic (exact) mass is 267 g/mol. The molecule has 0 radical (unpaired) electrons. The van der Waals surface area contributed by atoms with Crippen LogP contribution in [0.1, 0.15) is 24.5 Å². The summed E-state index contributed by atoms with van der Waals surface area (Å²) in [4.78, 5) is 27.9. The fourth-order valence-corrected chi connectivity index (χ4v) is 2.23. The zero-order chi connectivity index (χ0) is 13.8. The lowest BCUT2D eigenvalue weighted by molar-refractivity contribution is -0.150. The van der Waals surface area contributed by atoms with Crippen LogP contribution < -0.4 is 10.4 Å². The summed E-state index contributed by atoms with van der Waals surface area (Å²) in [6.07, 6.45) is 2.58. The zero-order valence-electron chi connectivity index (χ0n) is 11.0. The standard InChI is InChI=1S/C13H17NO5/c1-17-13(16)9-5-6-19-11(7-9)10-3-4-12(15)14(8-10)18-2/h3-4,8-9,11H,5-7H2,1-2H3/t9-,11+/m0/s1. The highest BCUT2D eigenvalue weighted by molar-refractivity contribution is 5.72. The third kappa shape index (κ3) is 2.96. The highest BCUT2D eigenvalue weighted by atomic mass is 16.6. The topological polar surface area (TPSA) is 66.8 Å². The molecule has 1 aliphatic heterocycles. The number of aromatic nitrogens is 1. The molecule has 0 aliphatic carbocycles. The molecule has 1 aromatic heterocycles. The lowest BCUT2D eigenvalue weighted by Gasteiger charge is -2.28. The number of carbonyl (C=O) groups excluding carboxylic acids is 1. The summed E-state index contributed by atoms with van der Waals surface area (Å²) in [6.45, 7) is 0.497. The second kappa shape index (κ2) is 5.88. The Morgan fingerprint density at radius 1 is 1.42 bits per heavy atom. The third-order valence-electron chi connectivity index (χ3n) is 3.29. The van der Waals surface area contributed by atoms with Crippen LogP contribution in [-0.4, -0.2) is 31.5 Å². The van der Waals surface area contributed by atoms with E-state index in [4.69, 9.17) is 14.3 Å². The molecular weight excluding hydrogens is 250 g/mol. The van der Waals surface area contributed by atoms with E-state index in [1.54, 1.807) is 12.3 Å². The van der Waals surface area contributed by atoms with Crippen molar-refractivity contribution in [2.45, 2.75) is 18.9 Å². The first-order valence-corrected chi connectivity index (χ1v) is 6.12. The van der Waals surface area contributed by atoms with Gasteiger partial charge in [-0.1, -0.05) is 0 Å². The highest BCUT2D eigenvalue weighted by Crippen LogP contribution is 2.31. The van der Waals surface area contributed by atoms with E-state index >= 15 is 0 Å². The van der Waals surface area contributed by atoms with Gasteiger partial charge in [-0.15, -0.1) is 0 Å². The summed E-state index contributed by atoms with van der Waals surface area (Å²) in [5.74, 6) is -0.375. The summed E-state index contributed by atoms with van der Waals surface area (Å²) in [5.41, 5.74) is 0.571. The maximum absolute atomic E-state index is 11.6. The number of rotatable bonds is 3. The minimum Gasteiger partial charge on any atom is -0.469 e. The number of ether oxygens (including phenoxy) is 2. The number of nitrogens with zero attached hydrogens (tertiary/aromatic N) is 1. The molecule has 1 aromatic rings. The van der Waals surface area contributed by atoms with Crippen LogP contribution in [-0.2, 0) is 14.3 Å². The normalized spacial score (nSPS) is 22.8. The van der Waals surface area contributed by atoms with Gasteiger partial charge in [0.05, 0.1) is 25.3 Å². The molecule has 0 spiro atoms. The van der Waals surface area contributed by atoms with Gasteiger partial charge < -0.3 is 14.3 Å². The average Bonchev–Trinajstić information content (AvgIpc) is 2.47. The van der Waals surface area contributed by atoms with Crippen LogP contribution in [0.4, 0.5) is 0 Å². The van der Waals surface area contributed by atoms with Gasteiger partial charge in [-0.2, -0.15) is 4.73 Å². The fraction of sp³-hybridized carbons (Fsp3) is 0.538. The predicted molar refractivity (Wildman–Crippen MR) is 66.6 cm³/mol. The first-order chi connectivity index (χ1) is 9.15. The molecule has 6 nitrogen and oxygen atoms in total. The van der Waals surface area contributed by atoms with E-state index in [9.17, 15) is 9.59 Å². The summed E-state index contributed by atoms with van der Waals surface area (Å²) in [7, 11) is 2.81. The molecule has 0 saturated carbocycles. The Labute approximate surface area is 110 Å². The van der Waals surface area contributed by atoms with Gasteiger partial charge >= 0.3 is 5.97 Å². The Hall–Kier alpha value is -1.82. The number of pyridine rings is 1. The summed E-state index contributed by atoms with van der Waals surface area (Å²) in [5, 5.41) is 0. The van der Waals surface area contributed by atoms with Gasteiger partial charge in [0.25, 0.3) is 5.56 Å². The van der Waals surface area contributed by atoms with Gasteiger partial charge in [-0.3, -0.25) is 9.59 Å². The first kappa shape index (κ1) is 13.6. The van der Waals surface area contributed by atoms with Crippen LogP contribution in [0.15, 0.2) is 23.1 Å². The quantitative estimate of drug-likeness (QED) is 0.748. The Morgan fingerprint density at radius 3 is 2.89 bits per heavy atom. The Morgan fingerprint density at radius 2 is 2.21 bits per heavy atom. The van der Waals surface area contributed by atoms with E-state index in [2.05, 4.69) is 0 Å². The smallest absolute Gasteiger partial charge is 0.308 e. The molecule has 1 fully saturated rings. The molecule has 0 amide bonds. The van der Waals surface area contributed by atoms with Crippen molar-refractivity contribution in [3.8, 4) is 0 Å². The van der Waals surface area contributed by atoms with Crippen molar-refractivity contribution >= 4 is 5.97 Å². The van der Waals surface area contributed by atoms with E-state index in [1.165, 1.54) is 20.3 Å². The summed E-state index contributed by atoms with van der Waals surface area (Å²) < 4.78 is 11.6. The molecule has 0 bridgehead atoms. The number of hydrogen-bond acceptors (Lipinski definition) is 5. The fourth-order valence-electron chi connectivity index (χ4n) is 2.23. The molecule has 2 heterocycles. The van der Waals surface area contributed by atoms with Crippen molar-refractivity contribution in [1.82, 2.24) is 4.73 Å². The van der Waals surface area contributed by atoms with Gasteiger partial charge in [-0.25, -0.2) is 0 Å². The van der Waals surface area contributed by atoms with Crippen LogP contribution in [0, 0.1) is 5.92 Å². The lowest BCUT2D eigenvalue weighted by atomic mass is 9.92. The zero-order valence-corrected chi connectivity index (χ0v) is 11.0. The number of esters is 1. The van der Waals surface area contributed by atoms with Gasteiger partial charge in [-0.05, 0) is 18.9 Å². The van der Waals surface area contributed by atoms with Crippen molar-refractivity contribution < 1.29 is 19.1 Å². The number of methoxy groups -OCH3 is 1. The molecule has 1 saturated heterocycles. The Kier molecular flexibility index (Phi) is 4.21. The average molecular weight is 267 g/mol. The highest BCUT2D eigenvalue weighted by Gasteiger charge is 2.29. The second-order valence-corrected chi connectivity index (χ2v) is 4.41.